The largest absolute Gasteiger partial charge is 0.346 e. The number of allylic oxidation sites excluding steroid dienone is 5. The third-order valence-electron chi connectivity index (χ3n) is 2.39. The van der Waals surface area contributed by atoms with Crippen molar-refractivity contribution in [2.45, 2.75) is 48.0 Å². The third-order valence-corrected chi connectivity index (χ3v) is 2.39. The molecule has 3 heteroatoms. The second-order valence-corrected chi connectivity index (χ2v) is 3.84. The fraction of sp³-hybridized carbons (Fsp3) is 0.474. The van der Waals surface area contributed by atoms with Gasteiger partial charge in [0.2, 0.25) is 0 Å². The molecule has 0 aromatic rings. The number of hydrogen-bond acceptors (Lipinski definition) is 2. The van der Waals surface area contributed by atoms with E-state index in [1.54, 1.807) is 0 Å². The number of carbonyl (C=O) groups excluding carboxylic acids is 1. The third kappa shape index (κ3) is 10.8. The molecule has 0 atom stereocenters. The van der Waals surface area contributed by atoms with Crippen molar-refractivity contribution in [3.05, 3.63) is 48.1 Å². The number of carbonyl (C=O) groups is 1. The van der Waals surface area contributed by atoms with Crippen molar-refractivity contribution in [3.8, 4) is 0 Å². The molecule has 0 radical (unpaired) electrons. The van der Waals surface area contributed by atoms with Crippen molar-refractivity contribution in [2.75, 3.05) is 13.1 Å². The minimum atomic E-state index is -0.0638. The first-order valence-electron chi connectivity index (χ1n) is 8.25. The summed E-state index contributed by atoms with van der Waals surface area (Å²) in [4.78, 5) is 16.2. The molecule has 126 valence electrons. The Hall–Kier alpha value is -1.90. The lowest BCUT2D eigenvalue weighted by atomic mass is 10.2. The lowest BCUT2D eigenvalue weighted by Crippen LogP contribution is -2.29. The Morgan fingerprint density at radius 1 is 1.32 bits per heavy atom. The van der Waals surface area contributed by atoms with Crippen molar-refractivity contribution in [3.63, 3.8) is 0 Å². The monoisotopic (exact) mass is 306 g/mol. The summed E-state index contributed by atoms with van der Waals surface area (Å²) >= 11 is 0. The van der Waals surface area contributed by atoms with E-state index >= 15 is 0 Å². The van der Waals surface area contributed by atoms with Gasteiger partial charge in [-0.05, 0) is 32.4 Å². The zero-order valence-corrected chi connectivity index (χ0v) is 15.0. The molecule has 1 N–H and O–H groups in total. The summed E-state index contributed by atoms with van der Waals surface area (Å²) in [7, 11) is 0. The predicted octanol–water partition coefficient (Wildman–Crippen LogP) is 4.88. The molecule has 1 aliphatic carbocycles. The SMILES string of the molecule is C/C=C\C(CNC(=O)C1=CC=CCC=C1)=NCC.CC.CC.[HH]. The number of aliphatic imine (C=N–C) groups is 1. The number of nitrogens with zero attached hydrogens (tertiary/aromatic N) is 1. The Morgan fingerprint density at radius 3 is 2.59 bits per heavy atom. The van der Waals surface area contributed by atoms with E-state index in [4.69, 9.17) is 0 Å². The zero-order chi connectivity index (χ0) is 17.2. The minimum absolute atomic E-state index is 0. The van der Waals surface area contributed by atoms with E-state index in [-0.39, 0.29) is 7.33 Å². The van der Waals surface area contributed by atoms with Crippen molar-refractivity contribution in [1.29, 1.82) is 0 Å². The first-order chi connectivity index (χ1) is 10.8. The fourth-order valence-electron chi connectivity index (χ4n) is 1.57. The highest BCUT2D eigenvalue weighted by molar-refractivity contribution is 6.02. The van der Waals surface area contributed by atoms with Crippen molar-refractivity contribution < 1.29 is 6.22 Å². The fourth-order valence-corrected chi connectivity index (χ4v) is 1.57. The lowest BCUT2D eigenvalue weighted by molar-refractivity contribution is -0.116. The first-order valence-corrected chi connectivity index (χ1v) is 8.25. The highest BCUT2D eigenvalue weighted by atomic mass is 16.1. The summed E-state index contributed by atoms with van der Waals surface area (Å²) in [5.41, 5.74) is 1.57. The molecular formula is C19H34N2O. The van der Waals surface area contributed by atoms with Crippen molar-refractivity contribution >= 4 is 11.6 Å². The number of hydrogen-bond donors (Lipinski definition) is 1. The minimum Gasteiger partial charge on any atom is -0.346 e. The number of rotatable bonds is 5. The molecule has 3 nitrogen and oxygen atoms in total. The Bertz CT molecular complexity index is 433. The normalized spacial score (nSPS) is 13.4. The molecule has 0 bridgehead atoms. The molecule has 0 aromatic heterocycles. The van der Waals surface area contributed by atoms with Crippen LogP contribution in [-0.4, -0.2) is 24.7 Å². The van der Waals surface area contributed by atoms with Crippen LogP contribution in [0.2, 0.25) is 0 Å². The van der Waals surface area contributed by atoms with E-state index in [9.17, 15) is 4.79 Å². The standard InChI is InChI=1S/C15H20N2O.2C2H6.H2/c1-3-9-14(16-4-2)12-17-15(18)13-10-7-5-6-8-11-13;2*1-2;/h3,5,7-11H,4,6,12H2,1-2H3,(H,17,18);2*1-2H3;1H/b9-3-,16-14?;;;. The summed E-state index contributed by atoms with van der Waals surface area (Å²) in [5.74, 6) is -0.0638. The lowest BCUT2D eigenvalue weighted by Gasteiger charge is -2.05. The number of nitrogens with one attached hydrogen (secondary N) is 1. The van der Waals surface area contributed by atoms with Gasteiger partial charge in [-0.25, -0.2) is 0 Å². The zero-order valence-electron chi connectivity index (χ0n) is 15.0. The second-order valence-electron chi connectivity index (χ2n) is 3.84. The van der Waals surface area contributed by atoms with Crippen LogP contribution in [0.4, 0.5) is 0 Å². The molecule has 0 aliphatic heterocycles. The van der Waals surface area contributed by atoms with Crippen LogP contribution in [0.5, 0.6) is 0 Å². The maximum atomic E-state index is 11.9. The highest BCUT2D eigenvalue weighted by Crippen LogP contribution is 2.04. The van der Waals surface area contributed by atoms with Gasteiger partial charge in [0.25, 0.3) is 5.91 Å². The van der Waals surface area contributed by atoms with Gasteiger partial charge in [0, 0.05) is 13.5 Å². The topological polar surface area (TPSA) is 41.5 Å². The molecule has 22 heavy (non-hydrogen) atoms. The van der Waals surface area contributed by atoms with Crippen LogP contribution < -0.4 is 5.32 Å². The molecule has 0 aromatic carbocycles. The Morgan fingerprint density at radius 2 is 2.00 bits per heavy atom. The van der Waals surface area contributed by atoms with Gasteiger partial charge in [0.15, 0.2) is 0 Å². The Balaban J connectivity index is -0.000000739. The molecule has 1 rings (SSSR count). The van der Waals surface area contributed by atoms with Gasteiger partial charge in [0.1, 0.15) is 0 Å². The van der Waals surface area contributed by atoms with E-state index in [0.717, 1.165) is 18.7 Å². The number of amides is 1. The summed E-state index contributed by atoms with van der Waals surface area (Å²) in [6, 6.07) is 0. The van der Waals surface area contributed by atoms with Crippen molar-refractivity contribution in [2.24, 2.45) is 4.99 Å². The molecule has 1 aliphatic rings. The highest BCUT2D eigenvalue weighted by Gasteiger charge is 2.06. The molecule has 0 fully saturated rings. The quantitative estimate of drug-likeness (QED) is 0.723. The van der Waals surface area contributed by atoms with Crippen LogP contribution in [0.25, 0.3) is 0 Å². The Kier molecular flexibility index (Phi) is 17.5. The summed E-state index contributed by atoms with van der Waals surface area (Å²) in [5, 5.41) is 2.88. The van der Waals surface area contributed by atoms with Crippen LogP contribution in [0, 0.1) is 0 Å². The van der Waals surface area contributed by atoms with E-state index in [0.29, 0.717) is 12.1 Å². The van der Waals surface area contributed by atoms with Gasteiger partial charge >= 0.3 is 0 Å². The average Bonchev–Trinajstić information content (AvgIpc) is 2.86. The predicted molar refractivity (Wildman–Crippen MR) is 102 cm³/mol. The maximum Gasteiger partial charge on any atom is 0.251 e. The smallest absolute Gasteiger partial charge is 0.251 e. The molecule has 0 spiro atoms. The van der Waals surface area contributed by atoms with Gasteiger partial charge in [0.05, 0.1) is 12.3 Å². The molecular weight excluding hydrogens is 272 g/mol. The summed E-state index contributed by atoms with van der Waals surface area (Å²) in [6.45, 7) is 13.1. The van der Waals surface area contributed by atoms with Gasteiger partial charge in [-0.3, -0.25) is 9.79 Å². The molecule has 0 heterocycles. The molecule has 0 unspecified atom stereocenters. The van der Waals surface area contributed by atoms with E-state index in [2.05, 4.69) is 10.3 Å². The van der Waals surface area contributed by atoms with Crippen LogP contribution in [0.15, 0.2) is 53.1 Å². The van der Waals surface area contributed by atoms with Gasteiger partial charge in [-0.15, -0.1) is 0 Å². The Labute approximate surface area is 138 Å². The van der Waals surface area contributed by atoms with Crippen molar-refractivity contribution in [1.82, 2.24) is 5.32 Å². The molecule has 0 saturated carbocycles. The first kappa shape index (κ1) is 22.4. The van der Waals surface area contributed by atoms with E-state index in [1.165, 1.54) is 0 Å². The van der Waals surface area contributed by atoms with Crippen LogP contribution >= 0.6 is 0 Å². The van der Waals surface area contributed by atoms with Crippen LogP contribution in [0.3, 0.4) is 0 Å². The molecule has 0 saturated heterocycles. The van der Waals surface area contributed by atoms with E-state index in [1.807, 2.05) is 84.1 Å². The van der Waals surface area contributed by atoms with Gasteiger partial charge in [-0.2, -0.15) is 0 Å². The maximum absolute atomic E-state index is 11.9. The average molecular weight is 306 g/mol. The van der Waals surface area contributed by atoms with E-state index < -0.39 is 0 Å². The second kappa shape index (κ2) is 17.2. The summed E-state index contributed by atoms with van der Waals surface area (Å²) < 4.78 is 0. The summed E-state index contributed by atoms with van der Waals surface area (Å²) in [6.07, 6.45) is 14.3. The van der Waals surface area contributed by atoms with Crippen LogP contribution in [-0.2, 0) is 4.79 Å². The molecule has 1 amide bonds. The van der Waals surface area contributed by atoms with Gasteiger partial charge < -0.3 is 5.32 Å². The van der Waals surface area contributed by atoms with Gasteiger partial charge in [-0.1, -0.05) is 58.1 Å². The van der Waals surface area contributed by atoms with Crippen LogP contribution in [0.1, 0.15) is 49.4 Å².